The van der Waals surface area contributed by atoms with E-state index in [9.17, 15) is 0 Å². The molecule has 53 heavy (non-hydrogen) atoms. The van der Waals surface area contributed by atoms with E-state index in [2.05, 4.69) is 152 Å². The van der Waals surface area contributed by atoms with E-state index in [1.54, 1.807) is 0 Å². The average molecular weight is 697 g/mol. The van der Waals surface area contributed by atoms with Gasteiger partial charge in [-0.05, 0) is 64.1 Å². The first-order valence-corrected chi connectivity index (χ1v) is 18.4. The summed E-state index contributed by atoms with van der Waals surface area (Å²) >= 11 is 0. The summed E-state index contributed by atoms with van der Waals surface area (Å²) in [6.07, 6.45) is 0. The summed E-state index contributed by atoms with van der Waals surface area (Å²) < 4.78 is 0. The van der Waals surface area contributed by atoms with Gasteiger partial charge in [-0.25, -0.2) is 29.9 Å². The predicted octanol–water partition coefficient (Wildman–Crippen LogP) is 11.1. The second kappa shape index (κ2) is 11.1. The Hall–Kier alpha value is -5.76. The molecule has 0 unspecified atom stereocenters. The molecule has 0 spiro atoms. The number of nitrogens with zero attached hydrogens (tertiary/aromatic N) is 6. The van der Waals surface area contributed by atoms with Gasteiger partial charge >= 0.3 is 0 Å². The number of rotatable bonds is 0. The summed E-state index contributed by atoms with van der Waals surface area (Å²) in [5.41, 5.74) is 11.1. The van der Waals surface area contributed by atoms with Crippen molar-refractivity contribution in [2.75, 3.05) is 0 Å². The molecule has 3 aromatic heterocycles. The Morgan fingerprint density at radius 2 is 0.717 bits per heavy atom. The molecule has 8 heteroatoms. The maximum Gasteiger partial charge on any atom is 0.164 e. The van der Waals surface area contributed by atoms with E-state index < -0.39 is 0 Å². The van der Waals surface area contributed by atoms with Crippen LogP contribution in [0.3, 0.4) is 0 Å². The Kier molecular flexibility index (Phi) is 6.95. The number of aromatic nitrogens is 8. The maximum absolute atomic E-state index is 5.29. The maximum atomic E-state index is 5.29. The Morgan fingerprint density at radius 1 is 0.358 bits per heavy atom. The average Bonchev–Trinajstić information content (AvgIpc) is 3.81. The zero-order chi connectivity index (χ0) is 37.2. The van der Waals surface area contributed by atoms with Crippen LogP contribution in [0.15, 0.2) is 72.8 Å². The molecule has 0 amide bonds. The molecule has 0 fully saturated rings. The fourth-order valence-corrected chi connectivity index (χ4v) is 7.31. The van der Waals surface area contributed by atoms with Crippen LogP contribution in [0.5, 0.6) is 0 Å². The van der Waals surface area contributed by atoms with E-state index >= 15 is 0 Å². The van der Waals surface area contributed by atoms with Gasteiger partial charge in [-0.1, -0.05) is 116 Å². The summed E-state index contributed by atoms with van der Waals surface area (Å²) in [6.45, 7) is 22.1. The summed E-state index contributed by atoms with van der Waals surface area (Å²) in [5, 5.41) is 3.89. The quantitative estimate of drug-likeness (QED) is 0.163. The van der Waals surface area contributed by atoms with Crippen LogP contribution in [0.4, 0.5) is 0 Å². The molecule has 8 bridgehead atoms. The largest absolute Gasteiger partial charge is 0.324 e. The molecule has 5 heterocycles. The van der Waals surface area contributed by atoms with Crippen molar-refractivity contribution in [2.24, 2.45) is 0 Å². The molecule has 4 aromatic carbocycles. The number of hydrogen-bond donors (Lipinski definition) is 2. The van der Waals surface area contributed by atoms with Gasteiger partial charge in [-0.3, -0.25) is 0 Å². The molecule has 2 N–H and O–H groups in total. The van der Waals surface area contributed by atoms with Gasteiger partial charge in [0.1, 0.15) is 22.6 Å². The second-order valence-electron chi connectivity index (χ2n) is 17.7. The van der Waals surface area contributed by atoms with Gasteiger partial charge in [0.25, 0.3) is 0 Å². The van der Waals surface area contributed by atoms with Crippen LogP contribution < -0.4 is 0 Å². The molecule has 0 saturated heterocycles. The zero-order valence-corrected chi connectivity index (χ0v) is 32.1. The Balaban J connectivity index is 1.47. The van der Waals surface area contributed by atoms with E-state index in [0.29, 0.717) is 45.9 Å². The normalized spacial score (nSPS) is 13.1. The Labute approximate surface area is 309 Å². The molecule has 0 atom stereocenters. The minimum Gasteiger partial charge on any atom is -0.324 e. The monoisotopic (exact) mass is 696 g/mol. The van der Waals surface area contributed by atoms with E-state index in [0.717, 1.165) is 49.4 Å². The van der Waals surface area contributed by atoms with Gasteiger partial charge in [0.2, 0.25) is 0 Å². The lowest BCUT2D eigenvalue weighted by atomic mass is 9.85. The number of hydrogen-bond acceptors (Lipinski definition) is 6. The van der Waals surface area contributed by atoms with Crippen molar-refractivity contribution in [3.63, 3.8) is 0 Å². The molecular formula is C45H44N8. The van der Waals surface area contributed by atoms with Crippen molar-refractivity contribution in [3.8, 4) is 45.6 Å². The van der Waals surface area contributed by atoms with Crippen molar-refractivity contribution < 1.29 is 0 Å². The van der Waals surface area contributed by atoms with E-state index in [1.807, 2.05) is 0 Å². The number of nitrogens with one attached hydrogen (secondary N) is 2. The highest BCUT2D eigenvalue weighted by molar-refractivity contribution is 6.06. The zero-order valence-electron chi connectivity index (χ0n) is 32.1. The van der Waals surface area contributed by atoms with Crippen LogP contribution in [0.25, 0.3) is 89.7 Å². The molecule has 2 aliphatic heterocycles. The first-order chi connectivity index (χ1) is 25.0. The second-order valence-corrected chi connectivity index (χ2v) is 17.7. The Morgan fingerprint density at radius 3 is 1.17 bits per heavy atom. The van der Waals surface area contributed by atoms with E-state index in [1.165, 1.54) is 16.7 Å². The first kappa shape index (κ1) is 33.1. The molecule has 9 rings (SSSR count). The number of benzene rings is 4. The molecule has 0 saturated carbocycles. The van der Waals surface area contributed by atoms with Crippen molar-refractivity contribution in [1.82, 2.24) is 39.9 Å². The van der Waals surface area contributed by atoms with Gasteiger partial charge in [0.15, 0.2) is 23.3 Å². The highest BCUT2D eigenvalue weighted by Gasteiger charge is 2.26. The van der Waals surface area contributed by atoms with Gasteiger partial charge in [0.05, 0.1) is 0 Å². The van der Waals surface area contributed by atoms with Gasteiger partial charge in [0, 0.05) is 43.8 Å². The van der Waals surface area contributed by atoms with E-state index in [4.69, 9.17) is 29.9 Å². The third-order valence-electron chi connectivity index (χ3n) is 10.6. The number of fused-ring (bicyclic) bond motifs is 20. The minimum absolute atomic E-state index is 0.0571. The predicted molar refractivity (Wildman–Crippen MR) is 217 cm³/mol. The van der Waals surface area contributed by atoms with Crippen LogP contribution in [0, 0.1) is 6.92 Å². The van der Waals surface area contributed by atoms with Crippen LogP contribution in [0.2, 0.25) is 0 Å². The summed E-state index contributed by atoms with van der Waals surface area (Å²) in [7, 11) is 0. The standard InChI is InChI=1S/C45H44N8/c1-23-11-15-27-31(19-23)39-46-35(27)48-40-33-21-25(44(5,6)7)13-17-29(33)37(50-40)52-42-34-22-26(45(8,9)10)14-18-30(34)38(53-42)51-41-32-20-24(43(2,3)4)12-16-28(32)36(47-39)49-41/h11-22H,1-10H3,(H2,46,47,48,49,50,51,52,53). The molecule has 0 aliphatic carbocycles. The third-order valence-corrected chi connectivity index (χ3v) is 10.6. The smallest absolute Gasteiger partial charge is 0.164 e. The van der Waals surface area contributed by atoms with Crippen LogP contribution in [0.1, 0.15) is 84.6 Å². The summed E-state index contributed by atoms with van der Waals surface area (Å²) in [5.74, 6) is 2.42. The van der Waals surface area contributed by atoms with Crippen LogP contribution in [-0.2, 0) is 16.2 Å². The topological polar surface area (TPSA) is 109 Å². The van der Waals surface area contributed by atoms with Gasteiger partial charge < -0.3 is 9.97 Å². The molecule has 2 aliphatic rings. The molecule has 7 aromatic rings. The van der Waals surface area contributed by atoms with Crippen LogP contribution >= 0.6 is 0 Å². The fourth-order valence-electron chi connectivity index (χ4n) is 7.31. The molecular weight excluding hydrogens is 653 g/mol. The fraction of sp³-hybridized carbons (Fsp3) is 0.289. The van der Waals surface area contributed by atoms with Crippen molar-refractivity contribution in [2.45, 2.75) is 85.5 Å². The van der Waals surface area contributed by atoms with Crippen molar-refractivity contribution in [1.29, 1.82) is 0 Å². The van der Waals surface area contributed by atoms with Gasteiger partial charge in [-0.15, -0.1) is 0 Å². The highest BCUT2D eigenvalue weighted by atomic mass is 15.1. The molecule has 0 radical (unpaired) electrons. The molecule has 8 nitrogen and oxygen atoms in total. The lowest BCUT2D eigenvalue weighted by Gasteiger charge is -2.19. The number of aryl methyl sites for hydroxylation is 1. The number of aromatic amines is 2. The van der Waals surface area contributed by atoms with E-state index in [-0.39, 0.29) is 16.2 Å². The third kappa shape index (κ3) is 5.50. The minimum atomic E-state index is -0.0637. The first-order valence-electron chi connectivity index (χ1n) is 18.4. The lowest BCUT2D eigenvalue weighted by molar-refractivity contribution is 0.590. The summed E-state index contributed by atoms with van der Waals surface area (Å²) in [4.78, 5) is 38.5. The molecule has 264 valence electrons. The SMILES string of the molecule is Cc1ccc2c(c1)-c1nc-2nc2[nH]c(nc3nc(nc4[nH]c(n1)c1ccc(C(C)(C)C)cc41)-c1ccc(C(C)(C)C)cc1-3)c1ccc(C(C)(C)C)cc21. The summed E-state index contributed by atoms with van der Waals surface area (Å²) in [6, 6.07) is 26.0. The van der Waals surface area contributed by atoms with Gasteiger partial charge in [-0.2, -0.15) is 0 Å². The van der Waals surface area contributed by atoms with Crippen molar-refractivity contribution >= 4 is 44.1 Å². The number of H-pyrrole nitrogens is 2. The highest BCUT2D eigenvalue weighted by Crippen LogP contribution is 2.40. The Bertz CT molecular complexity index is 2830. The lowest BCUT2D eigenvalue weighted by Crippen LogP contribution is -2.10. The van der Waals surface area contributed by atoms with Crippen molar-refractivity contribution in [3.05, 3.63) is 95.1 Å². The van der Waals surface area contributed by atoms with Crippen LogP contribution in [-0.4, -0.2) is 39.9 Å².